The smallest absolute Gasteiger partial charge is 0.299 e. The Morgan fingerprint density at radius 2 is 2.23 bits per heavy atom. The van der Waals surface area contributed by atoms with Crippen LogP contribution >= 0.6 is 11.6 Å². The molecule has 0 radical (unpaired) electrons. The van der Waals surface area contributed by atoms with Gasteiger partial charge in [-0.15, -0.1) is 0 Å². The Morgan fingerprint density at radius 1 is 1.54 bits per heavy atom. The molecule has 1 rings (SSSR count). The van der Waals surface area contributed by atoms with Crippen molar-refractivity contribution in [2.75, 3.05) is 0 Å². The number of aromatic amines is 1. The van der Waals surface area contributed by atoms with E-state index in [1.807, 2.05) is 6.92 Å². The van der Waals surface area contributed by atoms with Crippen molar-refractivity contribution in [2.24, 2.45) is 0 Å². The minimum absolute atomic E-state index is 0.0516. The number of hydrogen-bond donors (Lipinski definition) is 1. The van der Waals surface area contributed by atoms with Crippen molar-refractivity contribution in [1.29, 1.82) is 0 Å². The summed E-state index contributed by atoms with van der Waals surface area (Å²) in [5.41, 5.74) is -0.928. The summed E-state index contributed by atoms with van der Waals surface area (Å²) < 4.78 is 1.41. The Labute approximate surface area is 80.2 Å². The lowest BCUT2D eigenvalue weighted by atomic mass is 10.3. The second kappa shape index (κ2) is 4.28. The normalized spacial score (nSPS) is 10.3. The van der Waals surface area contributed by atoms with Gasteiger partial charge in [0.2, 0.25) is 0 Å². The monoisotopic (exact) mass is 202 g/mol. The molecule has 0 amide bonds. The maximum absolute atomic E-state index is 11.1. The van der Waals surface area contributed by atoms with Crippen LogP contribution in [0.3, 0.4) is 0 Å². The molecule has 0 spiro atoms. The Kier molecular flexibility index (Phi) is 3.31. The van der Waals surface area contributed by atoms with E-state index in [4.69, 9.17) is 11.6 Å². The fourth-order valence-corrected chi connectivity index (χ4v) is 1.14. The quantitative estimate of drug-likeness (QED) is 0.795. The van der Waals surface area contributed by atoms with Crippen molar-refractivity contribution < 1.29 is 0 Å². The van der Waals surface area contributed by atoms with E-state index >= 15 is 0 Å². The molecular formula is C8H11ClN2O2. The first-order valence-electron chi connectivity index (χ1n) is 4.14. The Balaban J connectivity index is 3.02. The van der Waals surface area contributed by atoms with Gasteiger partial charge in [0.1, 0.15) is 5.02 Å². The van der Waals surface area contributed by atoms with Gasteiger partial charge in [-0.2, -0.15) is 0 Å². The first-order valence-corrected chi connectivity index (χ1v) is 4.52. The molecule has 5 heteroatoms. The second-order valence-electron chi connectivity index (χ2n) is 2.78. The number of H-pyrrole nitrogens is 1. The fourth-order valence-electron chi connectivity index (χ4n) is 0.977. The van der Waals surface area contributed by atoms with Crippen molar-refractivity contribution in [3.63, 3.8) is 0 Å². The van der Waals surface area contributed by atoms with Gasteiger partial charge in [-0.3, -0.25) is 14.3 Å². The summed E-state index contributed by atoms with van der Waals surface area (Å²) in [6.07, 6.45) is 3.25. The molecule has 0 fully saturated rings. The number of aryl methyl sites for hydroxylation is 1. The highest BCUT2D eigenvalue weighted by molar-refractivity contribution is 6.30. The average Bonchev–Trinajstić information content (AvgIpc) is 2.09. The van der Waals surface area contributed by atoms with Crippen molar-refractivity contribution in [3.05, 3.63) is 32.1 Å². The zero-order valence-electron chi connectivity index (χ0n) is 7.34. The van der Waals surface area contributed by atoms with E-state index < -0.39 is 11.2 Å². The highest BCUT2D eigenvalue weighted by Gasteiger charge is 2.00. The number of unbranched alkanes of at least 4 members (excludes halogenated alkanes) is 1. The number of rotatable bonds is 3. The summed E-state index contributed by atoms with van der Waals surface area (Å²) in [5.74, 6) is 0. The van der Waals surface area contributed by atoms with E-state index in [1.165, 1.54) is 10.8 Å². The predicted molar refractivity (Wildman–Crippen MR) is 51.2 cm³/mol. The Bertz CT molecular complexity index is 394. The highest BCUT2D eigenvalue weighted by Crippen LogP contribution is 1.97. The van der Waals surface area contributed by atoms with E-state index in [9.17, 15) is 9.59 Å². The average molecular weight is 203 g/mol. The summed E-state index contributed by atoms with van der Waals surface area (Å²) >= 11 is 5.56. The molecule has 1 aromatic heterocycles. The van der Waals surface area contributed by atoms with Crippen molar-refractivity contribution >= 4 is 11.6 Å². The molecule has 4 nitrogen and oxygen atoms in total. The van der Waals surface area contributed by atoms with Crippen LogP contribution in [0.1, 0.15) is 19.8 Å². The van der Waals surface area contributed by atoms with Crippen LogP contribution in [-0.4, -0.2) is 9.55 Å². The highest BCUT2D eigenvalue weighted by atomic mass is 35.5. The third kappa shape index (κ3) is 2.45. The number of hydrogen-bond acceptors (Lipinski definition) is 2. The predicted octanol–water partition coefficient (Wildman–Crippen LogP) is 0.990. The van der Waals surface area contributed by atoms with Crippen LogP contribution in [0, 0.1) is 0 Å². The molecule has 0 aliphatic carbocycles. The molecule has 0 atom stereocenters. The zero-order chi connectivity index (χ0) is 9.84. The number of nitrogens with one attached hydrogen (secondary N) is 1. The third-order valence-electron chi connectivity index (χ3n) is 1.72. The van der Waals surface area contributed by atoms with Crippen LogP contribution < -0.4 is 11.2 Å². The Hall–Kier alpha value is -1.03. The molecule has 1 N–H and O–H groups in total. The summed E-state index contributed by atoms with van der Waals surface area (Å²) in [4.78, 5) is 24.1. The summed E-state index contributed by atoms with van der Waals surface area (Å²) in [5, 5.41) is 0.0516. The molecule has 0 bridgehead atoms. The van der Waals surface area contributed by atoms with Gasteiger partial charge in [0, 0.05) is 12.7 Å². The summed E-state index contributed by atoms with van der Waals surface area (Å²) in [6.45, 7) is 2.62. The third-order valence-corrected chi connectivity index (χ3v) is 1.99. The standard InChI is InChI=1S/C8H11ClN2O2/c1-2-3-4-11-5-6(9)7(12)10-8(11)13/h5H,2-4H2,1H3,(H,10,12,13). The van der Waals surface area contributed by atoms with Crippen LogP contribution in [0.25, 0.3) is 0 Å². The minimum atomic E-state index is -0.528. The molecule has 13 heavy (non-hydrogen) atoms. The molecule has 0 unspecified atom stereocenters. The van der Waals surface area contributed by atoms with Crippen molar-refractivity contribution in [1.82, 2.24) is 9.55 Å². The van der Waals surface area contributed by atoms with E-state index in [0.717, 1.165) is 12.8 Å². The summed E-state index contributed by atoms with van der Waals surface area (Å²) in [7, 11) is 0. The van der Waals surface area contributed by atoms with Gasteiger partial charge in [-0.1, -0.05) is 24.9 Å². The first-order chi connectivity index (χ1) is 6.15. The molecule has 0 saturated carbocycles. The lowest BCUT2D eigenvalue weighted by Crippen LogP contribution is -2.29. The van der Waals surface area contributed by atoms with Gasteiger partial charge in [0.15, 0.2) is 0 Å². The maximum Gasteiger partial charge on any atom is 0.328 e. The number of halogens is 1. The maximum atomic E-state index is 11.1. The van der Waals surface area contributed by atoms with Gasteiger partial charge in [-0.05, 0) is 6.42 Å². The molecule has 0 aliphatic rings. The molecule has 0 aliphatic heterocycles. The van der Waals surface area contributed by atoms with Crippen LogP contribution in [0.2, 0.25) is 5.02 Å². The lowest BCUT2D eigenvalue weighted by Gasteiger charge is -2.02. The largest absolute Gasteiger partial charge is 0.328 e. The van der Waals surface area contributed by atoms with E-state index in [2.05, 4.69) is 4.98 Å². The van der Waals surface area contributed by atoms with Crippen LogP contribution in [-0.2, 0) is 6.54 Å². The van der Waals surface area contributed by atoms with Gasteiger partial charge < -0.3 is 0 Å². The van der Waals surface area contributed by atoms with E-state index in [0.29, 0.717) is 6.54 Å². The molecule has 1 heterocycles. The van der Waals surface area contributed by atoms with Crippen LogP contribution in [0.4, 0.5) is 0 Å². The number of nitrogens with zero attached hydrogens (tertiary/aromatic N) is 1. The molecule has 72 valence electrons. The SMILES string of the molecule is CCCCn1cc(Cl)c(=O)[nH]c1=O. The Morgan fingerprint density at radius 3 is 2.85 bits per heavy atom. The van der Waals surface area contributed by atoms with Crippen LogP contribution in [0.15, 0.2) is 15.8 Å². The summed E-state index contributed by atoms with van der Waals surface area (Å²) in [6, 6.07) is 0. The van der Waals surface area contributed by atoms with Gasteiger partial charge in [-0.25, -0.2) is 4.79 Å². The van der Waals surface area contributed by atoms with E-state index in [1.54, 1.807) is 0 Å². The lowest BCUT2D eigenvalue weighted by molar-refractivity contribution is 0.597. The second-order valence-corrected chi connectivity index (χ2v) is 3.19. The molecule has 1 aromatic rings. The van der Waals surface area contributed by atoms with Crippen molar-refractivity contribution in [2.45, 2.75) is 26.3 Å². The van der Waals surface area contributed by atoms with Gasteiger partial charge >= 0.3 is 5.69 Å². The first kappa shape index (κ1) is 10.1. The topological polar surface area (TPSA) is 54.9 Å². The zero-order valence-corrected chi connectivity index (χ0v) is 8.10. The molecular weight excluding hydrogens is 192 g/mol. The minimum Gasteiger partial charge on any atom is -0.299 e. The van der Waals surface area contributed by atoms with Crippen LogP contribution in [0.5, 0.6) is 0 Å². The van der Waals surface area contributed by atoms with Gasteiger partial charge in [0.05, 0.1) is 0 Å². The number of aromatic nitrogens is 2. The van der Waals surface area contributed by atoms with E-state index in [-0.39, 0.29) is 5.02 Å². The van der Waals surface area contributed by atoms with Gasteiger partial charge in [0.25, 0.3) is 5.56 Å². The van der Waals surface area contributed by atoms with Crippen molar-refractivity contribution in [3.8, 4) is 0 Å². The molecule has 0 saturated heterocycles. The fraction of sp³-hybridized carbons (Fsp3) is 0.500. The molecule has 0 aromatic carbocycles.